The van der Waals surface area contributed by atoms with E-state index in [1.165, 1.54) is 16.7 Å². The van der Waals surface area contributed by atoms with Crippen LogP contribution < -0.4 is 0 Å². The van der Waals surface area contributed by atoms with Gasteiger partial charge in [0, 0.05) is 11.1 Å². The number of rotatable bonds is 4. The van der Waals surface area contributed by atoms with Crippen LogP contribution in [-0.4, -0.2) is 9.97 Å². The van der Waals surface area contributed by atoms with Gasteiger partial charge in [0.15, 0.2) is 0 Å². The molecule has 1 heterocycles. The molecule has 0 atom stereocenters. The van der Waals surface area contributed by atoms with Crippen LogP contribution in [0.15, 0.2) is 85.4 Å². The lowest BCUT2D eigenvalue weighted by atomic mass is 9.93. The van der Waals surface area contributed by atoms with Crippen LogP contribution in [0.1, 0.15) is 17.0 Å². The van der Waals surface area contributed by atoms with Crippen LogP contribution in [0.5, 0.6) is 0 Å². The zero-order valence-corrected chi connectivity index (χ0v) is 16.2. The van der Waals surface area contributed by atoms with Crippen LogP contribution in [0, 0.1) is 13.8 Å². The zero-order chi connectivity index (χ0) is 19.5. The van der Waals surface area contributed by atoms with Crippen LogP contribution in [0.4, 0.5) is 0 Å². The number of hydrogen-bond donors (Lipinski definition) is 0. The summed E-state index contributed by atoms with van der Waals surface area (Å²) in [7, 11) is 0. The molecule has 2 nitrogen and oxygen atoms in total. The van der Waals surface area contributed by atoms with Gasteiger partial charge in [-0.05, 0) is 48.2 Å². The Kier molecular flexibility index (Phi) is 4.86. The van der Waals surface area contributed by atoms with Crippen molar-refractivity contribution < 1.29 is 0 Å². The quantitative estimate of drug-likeness (QED) is 0.402. The Labute approximate surface area is 166 Å². The van der Waals surface area contributed by atoms with Crippen LogP contribution in [0.3, 0.4) is 0 Å². The predicted octanol–water partition coefficient (Wildman–Crippen LogP) is 6.74. The first-order valence-electron chi connectivity index (χ1n) is 9.39. The number of benzene rings is 3. The molecule has 0 N–H and O–H groups in total. The Morgan fingerprint density at radius 1 is 0.679 bits per heavy atom. The molecule has 0 saturated carbocycles. The molecule has 0 bridgehead atoms. The molecule has 1 aromatic heterocycles. The second-order valence-electron chi connectivity index (χ2n) is 6.87. The lowest BCUT2D eigenvalue weighted by molar-refractivity contribution is 1.06. The Bertz CT molecular complexity index is 1140. The van der Waals surface area contributed by atoms with Gasteiger partial charge in [0.1, 0.15) is 5.82 Å². The molecule has 0 spiro atoms. The van der Waals surface area contributed by atoms with Crippen LogP contribution in [-0.2, 0) is 0 Å². The van der Waals surface area contributed by atoms with Crippen molar-refractivity contribution in [2.24, 2.45) is 0 Å². The van der Waals surface area contributed by atoms with E-state index in [0.717, 1.165) is 33.9 Å². The number of aryl methyl sites for hydroxylation is 2. The molecule has 0 amide bonds. The van der Waals surface area contributed by atoms with Gasteiger partial charge in [-0.25, -0.2) is 9.97 Å². The highest BCUT2D eigenvalue weighted by Gasteiger charge is 2.11. The molecular weight excluding hydrogens is 340 g/mol. The fourth-order valence-corrected chi connectivity index (χ4v) is 3.46. The van der Waals surface area contributed by atoms with Crippen molar-refractivity contribution >= 4 is 6.08 Å². The summed E-state index contributed by atoms with van der Waals surface area (Å²) in [5.74, 6) is 0.768. The molecule has 136 valence electrons. The van der Waals surface area contributed by atoms with E-state index in [4.69, 9.17) is 4.98 Å². The molecule has 0 unspecified atom stereocenters. The fourth-order valence-electron chi connectivity index (χ4n) is 3.46. The molecule has 0 aliphatic heterocycles. The Morgan fingerprint density at radius 3 is 2.11 bits per heavy atom. The van der Waals surface area contributed by atoms with Crippen molar-refractivity contribution in [3.63, 3.8) is 0 Å². The molecule has 0 fully saturated rings. The van der Waals surface area contributed by atoms with Gasteiger partial charge in [-0.2, -0.15) is 0 Å². The normalized spacial score (nSPS) is 10.6. The van der Waals surface area contributed by atoms with Crippen LogP contribution in [0.25, 0.3) is 39.7 Å². The summed E-state index contributed by atoms with van der Waals surface area (Å²) >= 11 is 0. The Morgan fingerprint density at radius 2 is 1.36 bits per heavy atom. The Hall–Kier alpha value is -3.52. The average molecular weight is 362 g/mol. The molecule has 28 heavy (non-hydrogen) atoms. The van der Waals surface area contributed by atoms with E-state index in [-0.39, 0.29) is 0 Å². The summed E-state index contributed by atoms with van der Waals surface area (Å²) in [6.45, 7) is 8.04. The predicted molar refractivity (Wildman–Crippen MR) is 118 cm³/mol. The SMILES string of the molecule is C=Cc1ccccc1-c1cc(-c2cc(-c3ccccc3)nc(C)n2)ccc1C. The van der Waals surface area contributed by atoms with Gasteiger partial charge in [0.2, 0.25) is 0 Å². The van der Waals surface area contributed by atoms with Crippen molar-refractivity contribution in [2.45, 2.75) is 13.8 Å². The summed E-state index contributed by atoms with van der Waals surface area (Å²) < 4.78 is 0. The topological polar surface area (TPSA) is 25.8 Å². The van der Waals surface area contributed by atoms with E-state index in [9.17, 15) is 0 Å². The van der Waals surface area contributed by atoms with Crippen LogP contribution >= 0.6 is 0 Å². The van der Waals surface area contributed by atoms with E-state index in [1.54, 1.807) is 0 Å². The molecule has 2 heteroatoms. The maximum Gasteiger partial charge on any atom is 0.126 e. The minimum absolute atomic E-state index is 0.768. The largest absolute Gasteiger partial charge is 0.233 e. The molecule has 4 aromatic rings. The van der Waals surface area contributed by atoms with E-state index in [2.05, 4.69) is 73.1 Å². The monoisotopic (exact) mass is 362 g/mol. The van der Waals surface area contributed by atoms with E-state index in [1.807, 2.05) is 37.3 Å². The lowest BCUT2D eigenvalue weighted by Gasteiger charge is -2.13. The number of hydrogen-bond acceptors (Lipinski definition) is 2. The van der Waals surface area contributed by atoms with Gasteiger partial charge in [0.25, 0.3) is 0 Å². The Balaban J connectivity index is 1.85. The second-order valence-corrected chi connectivity index (χ2v) is 6.87. The summed E-state index contributed by atoms with van der Waals surface area (Å²) in [6.07, 6.45) is 1.91. The highest BCUT2D eigenvalue weighted by molar-refractivity contribution is 5.80. The first kappa shape index (κ1) is 17.9. The third-order valence-corrected chi connectivity index (χ3v) is 4.91. The molecule has 4 rings (SSSR count). The highest BCUT2D eigenvalue weighted by atomic mass is 14.9. The maximum atomic E-state index is 4.71. The second kappa shape index (κ2) is 7.61. The number of aromatic nitrogens is 2. The summed E-state index contributed by atoms with van der Waals surface area (Å²) in [5, 5.41) is 0. The molecule has 0 aliphatic rings. The number of nitrogens with zero attached hydrogens (tertiary/aromatic N) is 2. The lowest BCUT2D eigenvalue weighted by Crippen LogP contribution is -1.95. The van der Waals surface area contributed by atoms with Gasteiger partial charge in [-0.1, -0.05) is 79.4 Å². The van der Waals surface area contributed by atoms with E-state index < -0.39 is 0 Å². The highest BCUT2D eigenvalue weighted by Crippen LogP contribution is 2.32. The minimum Gasteiger partial charge on any atom is -0.233 e. The third-order valence-electron chi connectivity index (χ3n) is 4.91. The van der Waals surface area contributed by atoms with Gasteiger partial charge in [0.05, 0.1) is 11.4 Å². The molecule has 0 radical (unpaired) electrons. The standard InChI is InChI=1S/C26H22N2/c1-4-20-10-8-9-13-23(20)24-16-22(15-14-18(24)2)26-17-25(27-19(3)28-26)21-11-6-5-7-12-21/h4-17H,1H2,2-3H3. The molecule has 0 aliphatic carbocycles. The van der Waals surface area contributed by atoms with Crippen molar-refractivity contribution in [3.05, 3.63) is 102 Å². The summed E-state index contributed by atoms with van der Waals surface area (Å²) in [5.41, 5.74) is 8.80. The zero-order valence-electron chi connectivity index (χ0n) is 16.2. The summed E-state index contributed by atoms with van der Waals surface area (Å²) in [6, 6.07) is 27.1. The average Bonchev–Trinajstić information content (AvgIpc) is 2.74. The first-order valence-corrected chi connectivity index (χ1v) is 9.39. The van der Waals surface area contributed by atoms with Crippen LogP contribution in [0.2, 0.25) is 0 Å². The smallest absolute Gasteiger partial charge is 0.126 e. The van der Waals surface area contributed by atoms with Crippen molar-refractivity contribution in [3.8, 4) is 33.6 Å². The van der Waals surface area contributed by atoms with Gasteiger partial charge < -0.3 is 0 Å². The van der Waals surface area contributed by atoms with Crippen molar-refractivity contribution in [1.29, 1.82) is 0 Å². The van der Waals surface area contributed by atoms with Gasteiger partial charge in [-0.15, -0.1) is 0 Å². The molecule has 0 saturated heterocycles. The summed E-state index contributed by atoms with van der Waals surface area (Å²) in [4.78, 5) is 9.34. The van der Waals surface area contributed by atoms with E-state index in [0.29, 0.717) is 0 Å². The van der Waals surface area contributed by atoms with E-state index >= 15 is 0 Å². The minimum atomic E-state index is 0.768. The van der Waals surface area contributed by atoms with Crippen molar-refractivity contribution in [1.82, 2.24) is 9.97 Å². The maximum absolute atomic E-state index is 4.71. The third kappa shape index (κ3) is 3.49. The van der Waals surface area contributed by atoms with Crippen molar-refractivity contribution in [2.75, 3.05) is 0 Å². The molecule has 3 aromatic carbocycles. The first-order chi connectivity index (χ1) is 13.7. The van der Waals surface area contributed by atoms with Gasteiger partial charge >= 0.3 is 0 Å². The molecular formula is C26H22N2. The van der Waals surface area contributed by atoms with Gasteiger partial charge in [-0.3, -0.25) is 0 Å². The fraction of sp³-hybridized carbons (Fsp3) is 0.0769.